The monoisotopic (exact) mass is 256 g/mol. The lowest BCUT2D eigenvalue weighted by molar-refractivity contribution is -0.111. The van der Waals surface area contributed by atoms with Crippen LogP contribution in [-0.4, -0.2) is 10.9 Å². The van der Waals surface area contributed by atoms with Crippen molar-refractivity contribution in [2.45, 2.75) is 51.9 Å². The van der Waals surface area contributed by atoms with Gasteiger partial charge in [0.2, 0.25) is 5.91 Å². The average molecular weight is 256 g/mol. The maximum absolute atomic E-state index is 11.9. The first-order chi connectivity index (χ1) is 9.29. The van der Waals surface area contributed by atoms with Crippen LogP contribution in [0.15, 0.2) is 12.2 Å². The average Bonchev–Trinajstić information content (AvgIpc) is 2.87. The number of carbonyl (C=O) groups excluding carboxylic acids is 1. The number of amides is 1. The summed E-state index contributed by atoms with van der Waals surface area (Å²) in [4.78, 5) is 16.7. The Hall–Kier alpha value is -1.64. The molecule has 3 heteroatoms. The van der Waals surface area contributed by atoms with Crippen molar-refractivity contribution in [1.29, 1.82) is 0 Å². The van der Waals surface area contributed by atoms with Crippen LogP contribution in [-0.2, 0) is 30.5 Å². The van der Waals surface area contributed by atoms with Crippen molar-refractivity contribution >= 4 is 11.6 Å². The third-order valence-corrected chi connectivity index (χ3v) is 4.07. The summed E-state index contributed by atoms with van der Waals surface area (Å²) in [6.45, 7) is 1.87. The van der Waals surface area contributed by atoms with E-state index >= 15 is 0 Å². The highest BCUT2D eigenvalue weighted by Crippen LogP contribution is 2.35. The molecule has 0 atom stereocenters. The van der Waals surface area contributed by atoms with E-state index in [1.54, 1.807) is 12.2 Å². The van der Waals surface area contributed by atoms with Crippen LogP contribution in [0, 0.1) is 0 Å². The van der Waals surface area contributed by atoms with Crippen molar-refractivity contribution in [2.24, 2.45) is 0 Å². The molecule has 1 N–H and O–H groups in total. The van der Waals surface area contributed by atoms with Gasteiger partial charge >= 0.3 is 0 Å². The van der Waals surface area contributed by atoms with Gasteiger partial charge in [-0.1, -0.05) is 6.08 Å². The third kappa shape index (κ3) is 2.29. The number of hydrogen-bond acceptors (Lipinski definition) is 2. The Morgan fingerprint density at radius 3 is 2.42 bits per heavy atom. The van der Waals surface area contributed by atoms with E-state index in [2.05, 4.69) is 5.32 Å². The number of rotatable bonds is 2. The highest BCUT2D eigenvalue weighted by atomic mass is 16.1. The summed E-state index contributed by atoms with van der Waals surface area (Å²) in [5, 5.41) is 3.11. The molecule has 1 amide bonds. The van der Waals surface area contributed by atoms with E-state index in [1.807, 2.05) is 6.92 Å². The van der Waals surface area contributed by atoms with E-state index < -0.39 is 0 Å². The molecule has 3 rings (SSSR count). The van der Waals surface area contributed by atoms with Gasteiger partial charge in [0.25, 0.3) is 0 Å². The molecule has 1 aromatic heterocycles. The molecule has 1 aromatic rings. The summed E-state index contributed by atoms with van der Waals surface area (Å²) in [7, 11) is 0. The minimum absolute atomic E-state index is 0.0180. The quantitative estimate of drug-likeness (QED) is 0.827. The molecule has 0 radical (unpaired) electrons. The van der Waals surface area contributed by atoms with E-state index in [0.717, 1.165) is 37.8 Å². The van der Waals surface area contributed by atoms with E-state index in [4.69, 9.17) is 4.98 Å². The number of nitrogens with zero attached hydrogens (tertiary/aromatic N) is 1. The minimum Gasteiger partial charge on any atom is -0.322 e. The van der Waals surface area contributed by atoms with Gasteiger partial charge in [0.1, 0.15) is 0 Å². The van der Waals surface area contributed by atoms with Gasteiger partial charge in [-0.2, -0.15) is 0 Å². The highest BCUT2D eigenvalue weighted by molar-refractivity contribution is 6.00. The summed E-state index contributed by atoms with van der Waals surface area (Å²) in [5.74, 6) is -0.0180. The number of hydrogen-bond donors (Lipinski definition) is 1. The number of nitrogens with one attached hydrogen (secondary N) is 1. The normalized spacial score (nSPS) is 17.3. The van der Waals surface area contributed by atoms with Crippen molar-refractivity contribution in [1.82, 2.24) is 4.98 Å². The zero-order valence-corrected chi connectivity index (χ0v) is 11.5. The number of carbonyl (C=O) groups is 1. The largest absolute Gasteiger partial charge is 0.322 e. The Bertz CT molecular complexity index is 546. The fourth-order valence-corrected chi connectivity index (χ4v) is 3.21. The summed E-state index contributed by atoms with van der Waals surface area (Å²) >= 11 is 0. The van der Waals surface area contributed by atoms with Crippen molar-refractivity contribution in [2.75, 3.05) is 5.32 Å². The Morgan fingerprint density at radius 2 is 1.68 bits per heavy atom. The molecule has 0 spiro atoms. The van der Waals surface area contributed by atoms with Gasteiger partial charge in [0.05, 0.1) is 5.69 Å². The lowest BCUT2D eigenvalue weighted by atomic mass is 9.92. The maximum atomic E-state index is 11.9. The molecular formula is C16H20N2O. The molecule has 0 fully saturated rings. The van der Waals surface area contributed by atoms with Crippen LogP contribution in [0.25, 0.3) is 0 Å². The molecule has 0 saturated heterocycles. The number of aryl methyl sites for hydroxylation is 2. The molecule has 0 saturated carbocycles. The van der Waals surface area contributed by atoms with Crippen molar-refractivity contribution in [3.63, 3.8) is 0 Å². The van der Waals surface area contributed by atoms with Crippen LogP contribution in [0.1, 0.15) is 48.7 Å². The van der Waals surface area contributed by atoms with Crippen LogP contribution < -0.4 is 5.32 Å². The minimum atomic E-state index is -0.0180. The van der Waals surface area contributed by atoms with Gasteiger partial charge in [-0.15, -0.1) is 0 Å². The van der Waals surface area contributed by atoms with Crippen LogP contribution >= 0.6 is 0 Å². The second kappa shape index (κ2) is 5.16. The molecule has 100 valence electrons. The number of anilines is 1. The van der Waals surface area contributed by atoms with Gasteiger partial charge in [0, 0.05) is 11.4 Å². The lowest BCUT2D eigenvalue weighted by Gasteiger charge is -2.21. The first kappa shape index (κ1) is 12.4. The smallest absolute Gasteiger partial charge is 0.248 e. The summed E-state index contributed by atoms with van der Waals surface area (Å²) in [6.07, 6.45) is 11.2. The second-order valence-electron chi connectivity index (χ2n) is 5.39. The highest BCUT2D eigenvalue weighted by Gasteiger charge is 2.24. The Labute approximate surface area is 114 Å². The molecule has 2 aliphatic rings. The lowest BCUT2D eigenvalue weighted by Crippen LogP contribution is -2.17. The first-order valence-electron chi connectivity index (χ1n) is 7.26. The van der Waals surface area contributed by atoms with E-state index in [0.29, 0.717) is 0 Å². The molecule has 0 bridgehead atoms. The van der Waals surface area contributed by atoms with Crippen LogP contribution in [0.4, 0.5) is 5.69 Å². The summed E-state index contributed by atoms with van der Waals surface area (Å²) in [5.41, 5.74) is 6.11. The number of pyridine rings is 1. The van der Waals surface area contributed by atoms with Gasteiger partial charge in [0.15, 0.2) is 0 Å². The van der Waals surface area contributed by atoms with Crippen molar-refractivity contribution in [3.05, 3.63) is 34.7 Å². The Balaban J connectivity index is 2.05. The predicted molar refractivity (Wildman–Crippen MR) is 76.3 cm³/mol. The van der Waals surface area contributed by atoms with E-state index in [-0.39, 0.29) is 5.91 Å². The van der Waals surface area contributed by atoms with Gasteiger partial charge in [-0.05, 0) is 69.1 Å². The second-order valence-corrected chi connectivity index (χ2v) is 5.39. The Morgan fingerprint density at radius 1 is 1.05 bits per heavy atom. The van der Waals surface area contributed by atoms with Crippen LogP contribution in [0.5, 0.6) is 0 Å². The zero-order chi connectivity index (χ0) is 13.2. The van der Waals surface area contributed by atoms with Crippen molar-refractivity contribution < 1.29 is 4.79 Å². The molecule has 19 heavy (non-hydrogen) atoms. The van der Waals surface area contributed by atoms with E-state index in [9.17, 15) is 4.79 Å². The SMILES string of the molecule is C/C=C/C(=O)Nc1c2c(nc3c1CCC3)CCCC2. The fraction of sp³-hybridized carbons (Fsp3) is 0.500. The number of allylic oxidation sites excluding steroid dienone is 1. The standard InChI is InChI=1S/C16H20N2O/c1-2-6-15(19)18-16-11-7-3-4-9-13(11)17-14-10-5-8-12(14)16/h2,6H,3-5,7-10H2,1H3,(H,17,18,19)/b6-2+. The molecule has 3 nitrogen and oxygen atoms in total. The van der Waals surface area contributed by atoms with Crippen LogP contribution in [0.3, 0.4) is 0 Å². The van der Waals surface area contributed by atoms with Gasteiger partial charge < -0.3 is 5.32 Å². The number of aromatic nitrogens is 1. The molecule has 1 heterocycles. The third-order valence-electron chi connectivity index (χ3n) is 4.07. The fourth-order valence-electron chi connectivity index (χ4n) is 3.21. The predicted octanol–water partition coefficient (Wildman–Crippen LogP) is 2.96. The Kier molecular flexibility index (Phi) is 3.36. The number of fused-ring (bicyclic) bond motifs is 2. The molecular weight excluding hydrogens is 236 g/mol. The van der Waals surface area contributed by atoms with E-state index in [1.165, 1.54) is 35.4 Å². The van der Waals surface area contributed by atoms with Crippen LogP contribution in [0.2, 0.25) is 0 Å². The molecule has 0 aromatic carbocycles. The summed E-state index contributed by atoms with van der Waals surface area (Å²) < 4.78 is 0. The first-order valence-corrected chi connectivity index (χ1v) is 7.26. The zero-order valence-electron chi connectivity index (χ0n) is 11.5. The van der Waals surface area contributed by atoms with Gasteiger partial charge in [-0.3, -0.25) is 9.78 Å². The molecule has 2 aliphatic carbocycles. The van der Waals surface area contributed by atoms with Gasteiger partial charge in [-0.25, -0.2) is 0 Å². The topological polar surface area (TPSA) is 42.0 Å². The molecule has 0 unspecified atom stereocenters. The van der Waals surface area contributed by atoms with Crippen molar-refractivity contribution in [3.8, 4) is 0 Å². The maximum Gasteiger partial charge on any atom is 0.248 e. The summed E-state index contributed by atoms with van der Waals surface area (Å²) in [6, 6.07) is 0. The molecule has 0 aliphatic heterocycles.